The monoisotopic (exact) mass is 240 g/mol. The van der Waals surface area contributed by atoms with E-state index in [1.807, 2.05) is 33.8 Å². The zero-order valence-corrected chi connectivity index (χ0v) is 10.9. The standard InChI is InChI=1S/C13H17ClO2/c1-8-5-9(11(15)7-14)12(16)10(6-8)13(2,3)4/h5-6,16H,7H2,1-4H3. The van der Waals surface area contributed by atoms with Crippen molar-refractivity contribution in [2.24, 2.45) is 0 Å². The molecule has 0 radical (unpaired) electrons. The molecule has 0 aliphatic rings. The maximum absolute atomic E-state index is 11.6. The molecular weight excluding hydrogens is 224 g/mol. The van der Waals surface area contributed by atoms with Gasteiger partial charge in [-0.1, -0.05) is 26.8 Å². The third-order valence-electron chi connectivity index (χ3n) is 2.48. The highest BCUT2D eigenvalue weighted by molar-refractivity contribution is 6.30. The van der Waals surface area contributed by atoms with Gasteiger partial charge in [-0.2, -0.15) is 0 Å². The van der Waals surface area contributed by atoms with Crippen LogP contribution in [0.25, 0.3) is 0 Å². The highest BCUT2D eigenvalue weighted by Crippen LogP contribution is 2.34. The third kappa shape index (κ3) is 2.56. The fraction of sp³-hybridized carbons (Fsp3) is 0.462. The Bertz CT molecular complexity index is 417. The normalized spacial score (nSPS) is 11.6. The van der Waals surface area contributed by atoms with Crippen LogP contribution >= 0.6 is 11.6 Å². The van der Waals surface area contributed by atoms with Gasteiger partial charge in [0.25, 0.3) is 0 Å². The molecule has 16 heavy (non-hydrogen) atoms. The van der Waals surface area contributed by atoms with Gasteiger partial charge in [0.1, 0.15) is 5.75 Å². The summed E-state index contributed by atoms with van der Waals surface area (Å²) in [5.74, 6) is -0.294. The summed E-state index contributed by atoms with van der Waals surface area (Å²) in [5, 5.41) is 10.1. The summed E-state index contributed by atoms with van der Waals surface area (Å²) in [6, 6.07) is 3.58. The number of hydrogen-bond acceptors (Lipinski definition) is 2. The third-order valence-corrected chi connectivity index (χ3v) is 2.73. The van der Waals surface area contributed by atoms with E-state index in [-0.39, 0.29) is 22.8 Å². The average Bonchev–Trinajstić information content (AvgIpc) is 2.18. The van der Waals surface area contributed by atoms with Crippen molar-refractivity contribution in [1.82, 2.24) is 0 Å². The lowest BCUT2D eigenvalue weighted by molar-refractivity contribution is 0.101. The number of alkyl halides is 1. The van der Waals surface area contributed by atoms with Crippen molar-refractivity contribution < 1.29 is 9.90 Å². The van der Waals surface area contributed by atoms with Gasteiger partial charge >= 0.3 is 0 Å². The number of hydrogen-bond donors (Lipinski definition) is 1. The number of phenolic OH excluding ortho intramolecular Hbond substituents is 1. The van der Waals surface area contributed by atoms with E-state index in [0.717, 1.165) is 11.1 Å². The number of aryl methyl sites for hydroxylation is 1. The molecule has 0 fully saturated rings. The molecule has 1 aromatic carbocycles. The number of Topliss-reactive ketones (excluding diaryl/α,β-unsaturated/α-hetero) is 1. The molecule has 0 saturated carbocycles. The maximum atomic E-state index is 11.6. The number of halogens is 1. The first kappa shape index (κ1) is 13.0. The Morgan fingerprint density at radius 1 is 1.38 bits per heavy atom. The van der Waals surface area contributed by atoms with E-state index < -0.39 is 0 Å². The molecule has 1 aromatic rings. The van der Waals surface area contributed by atoms with Gasteiger partial charge in [0, 0.05) is 5.56 Å². The van der Waals surface area contributed by atoms with Crippen LogP contribution in [-0.2, 0) is 5.41 Å². The van der Waals surface area contributed by atoms with Crippen molar-refractivity contribution in [2.45, 2.75) is 33.1 Å². The van der Waals surface area contributed by atoms with Crippen molar-refractivity contribution >= 4 is 17.4 Å². The van der Waals surface area contributed by atoms with Gasteiger partial charge < -0.3 is 5.11 Å². The van der Waals surface area contributed by atoms with Gasteiger partial charge in [0.2, 0.25) is 0 Å². The number of carbonyl (C=O) groups excluding carboxylic acids is 1. The molecule has 0 saturated heterocycles. The number of aromatic hydroxyl groups is 1. The minimum absolute atomic E-state index is 0.0590. The lowest BCUT2D eigenvalue weighted by Gasteiger charge is -2.22. The quantitative estimate of drug-likeness (QED) is 0.635. The van der Waals surface area contributed by atoms with Crippen LogP contribution in [0.2, 0.25) is 0 Å². The Balaban J connectivity index is 3.44. The van der Waals surface area contributed by atoms with Crippen molar-refractivity contribution in [1.29, 1.82) is 0 Å². The van der Waals surface area contributed by atoms with E-state index in [0.29, 0.717) is 5.56 Å². The van der Waals surface area contributed by atoms with Crippen LogP contribution in [0.4, 0.5) is 0 Å². The second kappa shape index (κ2) is 4.46. The largest absolute Gasteiger partial charge is 0.507 e. The van der Waals surface area contributed by atoms with Gasteiger partial charge in [-0.25, -0.2) is 0 Å². The lowest BCUT2D eigenvalue weighted by atomic mass is 9.83. The topological polar surface area (TPSA) is 37.3 Å². The molecule has 0 bridgehead atoms. The van der Waals surface area contributed by atoms with Crippen LogP contribution in [0.5, 0.6) is 5.75 Å². The lowest BCUT2D eigenvalue weighted by Crippen LogP contribution is -2.14. The van der Waals surface area contributed by atoms with E-state index in [9.17, 15) is 9.90 Å². The second-order valence-electron chi connectivity index (χ2n) is 5.02. The van der Waals surface area contributed by atoms with Crippen LogP contribution in [-0.4, -0.2) is 16.8 Å². The van der Waals surface area contributed by atoms with Crippen LogP contribution in [0.1, 0.15) is 42.3 Å². The van der Waals surface area contributed by atoms with E-state index in [4.69, 9.17) is 11.6 Å². The summed E-state index contributed by atoms with van der Waals surface area (Å²) in [7, 11) is 0. The Hall–Kier alpha value is -1.02. The molecule has 3 heteroatoms. The first-order valence-corrected chi connectivity index (χ1v) is 5.74. The minimum Gasteiger partial charge on any atom is -0.507 e. The smallest absolute Gasteiger partial charge is 0.181 e. The van der Waals surface area contributed by atoms with E-state index in [1.54, 1.807) is 6.07 Å². The fourth-order valence-corrected chi connectivity index (χ4v) is 1.78. The number of benzene rings is 1. The molecule has 0 unspecified atom stereocenters. The van der Waals surface area contributed by atoms with Gasteiger partial charge in [-0.3, -0.25) is 4.79 Å². The number of ketones is 1. The minimum atomic E-state index is -0.242. The summed E-state index contributed by atoms with van der Waals surface area (Å²) in [5.41, 5.74) is 1.86. The predicted molar refractivity (Wildman–Crippen MR) is 66.6 cm³/mol. The molecule has 1 rings (SSSR count). The zero-order valence-electron chi connectivity index (χ0n) is 10.1. The molecule has 0 spiro atoms. The van der Waals surface area contributed by atoms with E-state index >= 15 is 0 Å². The van der Waals surface area contributed by atoms with Crippen molar-refractivity contribution in [2.75, 3.05) is 5.88 Å². The average molecular weight is 241 g/mol. The van der Waals surface area contributed by atoms with E-state index in [2.05, 4.69) is 0 Å². The van der Waals surface area contributed by atoms with Crippen molar-refractivity contribution in [3.05, 3.63) is 28.8 Å². The fourth-order valence-electron chi connectivity index (χ4n) is 1.64. The Kier molecular flexibility index (Phi) is 3.64. The summed E-state index contributed by atoms with van der Waals surface area (Å²) in [4.78, 5) is 11.6. The SMILES string of the molecule is Cc1cc(C(=O)CCl)c(O)c(C(C)(C)C)c1. The highest BCUT2D eigenvalue weighted by Gasteiger charge is 2.22. The maximum Gasteiger partial charge on any atom is 0.181 e. The van der Waals surface area contributed by atoms with Crippen LogP contribution in [0.15, 0.2) is 12.1 Å². The number of phenols is 1. The summed E-state index contributed by atoms with van der Waals surface area (Å²) >= 11 is 5.52. The molecule has 88 valence electrons. The Morgan fingerprint density at radius 2 is 1.94 bits per heavy atom. The van der Waals surface area contributed by atoms with Gasteiger partial charge in [0.05, 0.1) is 11.4 Å². The van der Waals surface area contributed by atoms with Gasteiger partial charge in [0.15, 0.2) is 5.78 Å². The molecule has 0 aromatic heterocycles. The van der Waals surface area contributed by atoms with Crippen molar-refractivity contribution in [3.8, 4) is 5.75 Å². The second-order valence-corrected chi connectivity index (χ2v) is 5.28. The first-order chi connectivity index (χ1) is 7.27. The molecule has 0 amide bonds. The summed E-state index contributed by atoms with van der Waals surface area (Å²) in [6.45, 7) is 7.89. The molecule has 0 heterocycles. The van der Waals surface area contributed by atoms with Crippen LogP contribution < -0.4 is 0 Å². The molecule has 2 nitrogen and oxygen atoms in total. The van der Waals surface area contributed by atoms with Gasteiger partial charge in [-0.15, -0.1) is 11.6 Å². The highest BCUT2D eigenvalue weighted by atomic mass is 35.5. The van der Waals surface area contributed by atoms with Gasteiger partial charge in [-0.05, 0) is 24.0 Å². The number of carbonyl (C=O) groups is 1. The van der Waals surface area contributed by atoms with Crippen molar-refractivity contribution in [3.63, 3.8) is 0 Å². The summed E-state index contributed by atoms with van der Waals surface area (Å²) < 4.78 is 0. The van der Waals surface area contributed by atoms with Crippen LogP contribution in [0, 0.1) is 6.92 Å². The molecule has 0 atom stereocenters. The molecular formula is C13H17ClO2. The Morgan fingerprint density at radius 3 is 2.38 bits per heavy atom. The zero-order chi connectivity index (χ0) is 12.5. The summed E-state index contributed by atoms with van der Waals surface area (Å²) in [6.07, 6.45) is 0. The first-order valence-electron chi connectivity index (χ1n) is 5.20. The molecule has 0 aliphatic carbocycles. The number of rotatable bonds is 2. The van der Waals surface area contributed by atoms with Crippen LogP contribution in [0.3, 0.4) is 0 Å². The molecule has 0 aliphatic heterocycles. The predicted octanol–water partition coefficient (Wildman–Crippen LogP) is 3.42. The van der Waals surface area contributed by atoms with E-state index in [1.165, 1.54) is 0 Å². The molecule has 1 N–H and O–H groups in total. The Labute approximate surface area is 101 Å².